The second-order valence-electron chi connectivity index (χ2n) is 27.1. The molecule has 3 N–H and O–H groups in total. The SMILES string of the molecule is CCCCCCCCCCCCCCCCC(=O)OC[C@H](COP(=O)(O)OC[C@@H](O)COP(=O)(O)OC[C@@H](COC(=O)CCCCCCCCC(C)CC)OC(=O)CCCCCCCCCCCCCCC)OC(=O)CCCCCCCCCCCCCCC(C)C. The average molecular weight is 1350 g/mol. The van der Waals surface area contributed by atoms with Crippen molar-refractivity contribution < 1.29 is 80.2 Å². The molecule has 0 radical (unpaired) electrons. The molecule has 92 heavy (non-hydrogen) atoms. The summed E-state index contributed by atoms with van der Waals surface area (Å²) in [5, 5.41) is 10.6. The largest absolute Gasteiger partial charge is 0.472 e. The van der Waals surface area contributed by atoms with Gasteiger partial charge in [0.1, 0.15) is 19.3 Å². The molecule has 3 unspecified atom stereocenters. The number of hydrogen-bond donors (Lipinski definition) is 3. The number of phosphoric ester groups is 2. The number of carbonyl (C=O) groups is 4. The van der Waals surface area contributed by atoms with Gasteiger partial charge in [-0.2, -0.15) is 0 Å². The first-order chi connectivity index (χ1) is 44.4. The predicted molar refractivity (Wildman–Crippen MR) is 372 cm³/mol. The lowest BCUT2D eigenvalue weighted by Crippen LogP contribution is -2.30. The molecule has 6 atom stereocenters. The third-order valence-electron chi connectivity index (χ3n) is 17.3. The standard InChI is InChI=1S/C73H142O17P2/c1-7-10-12-14-16-18-20-22-24-28-32-36-43-49-55-70(75)83-61-68(89-72(77)58-52-46-38-34-30-26-25-27-31-35-41-47-53-65(4)5)63-87-91(79,80)85-59-67(74)60-86-92(81,82)88-64-69(62-84-71(76)56-50-44-40-39-42-48-54-66(6)9-3)90-73(78)57-51-45-37-33-29-23-21-19-17-15-13-11-8-2/h65-69,74H,7-64H2,1-6H3,(H,79,80)(H,81,82)/t66?,67-,68-,69-/m1/s1. The van der Waals surface area contributed by atoms with Gasteiger partial charge in [0, 0.05) is 25.7 Å². The summed E-state index contributed by atoms with van der Waals surface area (Å²) in [5.41, 5.74) is 0. The first-order valence-electron chi connectivity index (χ1n) is 38.0. The fraction of sp³-hybridized carbons (Fsp3) is 0.945. The molecule has 19 heteroatoms. The maximum absolute atomic E-state index is 13.1. The van der Waals surface area contributed by atoms with Crippen LogP contribution < -0.4 is 0 Å². The maximum atomic E-state index is 13.1. The van der Waals surface area contributed by atoms with Crippen LogP contribution in [0.4, 0.5) is 0 Å². The Hall–Kier alpha value is -1.94. The summed E-state index contributed by atoms with van der Waals surface area (Å²) in [6, 6.07) is 0. The number of hydrogen-bond acceptors (Lipinski definition) is 15. The molecular weight excluding hydrogens is 1210 g/mol. The van der Waals surface area contributed by atoms with E-state index in [1.807, 2.05) is 0 Å². The van der Waals surface area contributed by atoms with Crippen molar-refractivity contribution in [3.8, 4) is 0 Å². The first-order valence-corrected chi connectivity index (χ1v) is 41.0. The highest BCUT2D eigenvalue weighted by Crippen LogP contribution is 2.45. The minimum Gasteiger partial charge on any atom is -0.462 e. The molecule has 0 spiro atoms. The third-order valence-corrected chi connectivity index (χ3v) is 19.2. The molecule has 0 aromatic carbocycles. The topological polar surface area (TPSA) is 237 Å². The van der Waals surface area contributed by atoms with Gasteiger partial charge in [0.15, 0.2) is 12.2 Å². The van der Waals surface area contributed by atoms with E-state index in [2.05, 4.69) is 41.5 Å². The molecule has 17 nitrogen and oxygen atoms in total. The van der Waals surface area contributed by atoms with Crippen molar-refractivity contribution in [1.82, 2.24) is 0 Å². The van der Waals surface area contributed by atoms with E-state index >= 15 is 0 Å². The number of carbonyl (C=O) groups excluding carboxylic acids is 4. The van der Waals surface area contributed by atoms with Crippen molar-refractivity contribution >= 4 is 39.5 Å². The molecule has 0 aromatic rings. The van der Waals surface area contributed by atoms with E-state index in [0.29, 0.717) is 25.7 Å². The Bertz CT molecular complexity index is 1790. The molecule has 0 fully saturated rings. The van der Waals surface area contributed by atoms with Crippen molar-refractivity contribution in [2.24, 2.45) is 11.8 Å². The highest BCUT2D eigenvalue weighted by Gasteiger charge is 2.30. The van der Waals surface area contributed by atoms with Gasteiger partial charge in [-0.25, -0.2) is 9.13 Å². The highest BCUT2D eigenvalue weighted by atomic mass is 31.2. The van der Waals surface area contributed by atoms with Gasteiger partial charge in [-0.15, -0.1) is 0 Å². The summed E-state index contributed by atoms with van der Waals surface area (Å²) in [6.45, 7) is 9.55. The second kappa shape index (κ2) is 65.0. The van der Waals surface area contributed by atoms with Gasteiger partial charge < -0.3 is 33.8 Å². The van der Waals surface area contributed by atoms with E-state index in [1.54, 1.807) is 0 Å². The van der Waals surface area contributed by atoms with E-state index in [9.17, 15) is 43.2 Å². The number of aliphatic hydroxyl groups excluding tert-OH is 1. The molecular formula is C73H142O17P2. The molecule has 0 rings (SSSR count). The normalized spacial score (nSPS) is 14.4. The average Bonchev–Trinajstić information content (AvgIpc) is 2.49. The fourth-order valence-electron chi connectivity index (χ4n) is 11.1. The van der Waals surface area contributed by atoms with Gasteiger partial charge in [0.2, 0.25) is 0 Å². The summed E-state index contributed by atoms with van der Waals surface area (Å²) >= 11 is 0. The van der Waals surface area contributed by atoms with Crippen molar-refractivity contribution in [3.05, 3.63) is 0 Å². The third kappa shape index (κ3) is 65.4. The van der Waals surface area contributed by atoms with E-state index in [1.165, 1.54) is 186 Å². The molecule has 0 heterocycles. The van der Waals surface area contributed by atoms with Crippen LogP contribution in [0.2, 0.25) is 0 Å². The molecule has 0 bridgehead atoms. The van der Waals surface area contributed by atoms with Crippen LogP contribution in [0.3, 0.4) is 0 Å². The number of esters is 4. The number of rotatable bonds is 72. The molecule has 0 aliphatic carbocycles. The van der Waals surface area contributed by atoms with Gasteiger partial charge in [0.05, 0.1) is 26.4 Å². The van der Waals surface area contributed by atoms with E-state index in [4.69, 9.17) is 37.0 Å². The molecule has 0 amide bonds. The lowest BCUT2D eigenvalue weighted by Gasteiger charge is -2.21. The van der Waals surface area contributed by atoms with Crippen LogP contribution in [0.25, 0.3) is 0 Å². The van der Waals surface area contributed by atoms with Gasteiger partial charge >= 0.3 is 39.5 Å². The second-order valence-corrected chi connectivity index (χ2v) is 30.0. The zero-order valence-electron chi connectivity index (χ0n) is 59.9. The van der Waals surface area contributed by atoms with Crippen LogP contribution in [0.5, 0.6) is 0 Å². The summed E-state index contributed by atoms with van der Waals surface area (Å²) in [7, 11) is -9.91. The van der Waals surface area contributed by atoms with Crippen molar-refractivity contribution in [3.63, 3.8) is 0 Å². The van der Waals surface area contributed by atoms with Crippen molar-refractivity contribution in [2.45, 2.75) is 394 Å². The first kappa shape index (κ1) is 90.1. The summed E-state index contributed by atoms with van der Waals surface area (Å²) in [4.78, 5) is 72.7. The zero-order chi connectivity index (χ0) is 67.9. The monoisotopic (exact) mass is 1350 g/mol. The van der Waals surface area contributed by atoms with Gasteiger partial charge in [0.25, 0.3) is 0 Å². The maximum Gasteiger partial charge on any atom is 0.472 e. The van der Waals surface area contributed by atoms with Gasteiger partial charge in [-0.3, -0.25) is 37.3 Å². The Morgan fingerprint density at radius 2 is 0.554 bits per heavy atom. The summed E-state index contributed by atoms with van der Waals surface area (Å²) in [6.07, 6.45) is 51.2. The summed E-state index contributed by atoms with van der Waals surface area (Å²) in [5.74, 6) is -0.611. The Balaban J connectivity index is 5.26. The number of phosphoric acid groups is 2. The number of ether oxygens (including phenoxy) is 4. The smallest absolute Gasteiger partial charge is 0.462 e. The van der Waals surface area contributed by atoms with Crippen LogP contribution in [-0.4, -0.2) is 96.7 Å². The van der Waals surface area contributed by atoms with Gasteiger partial charge in [-0.1, -0.05) is 324 Å². The molecule has 0 saturated carbocycles. The minimum absolute atomic E-state index is 0.107. The van der Waals surface area contributed by atoms with Crippen LogP contribution in [0.1, 0.15) is 375 Å². The van der Waals surface area contributed by atoms with E-state index < -0.39 is 97.5 Å². The van der Waals surface area contributed by atoms with Crippen molar-refractivity contribution in [2.75, 3.05) is 39.6 Å². The Morgan fingerprint density at radius 1 is 0.315 bits per heavy atom. The van der Waals surface area contributed by atoms with Crippen LogP contribution in [0.15, 0.2) is 0 Å². The fourth-order valence-corrected chi connectivity index (χ4v) is 12.7. The summed E-state index contributed by atoms with van der Waals surface area (Å²) < 4.78 is 68.4. The quantitative estimate of drug-likeness (QED) is 0.0222. The van der Waals surface area contributed by atoms with Crippen LogP contribution >= 0.6 is 15.6 Å². The number of aliphatic hydroxyl groups is 1. The van der Waals surface area contributed by atoms with E-state index in [0.717, 1.165) is 108 Å². The molecule has 0 aliphatic heterocycles. The van der Waals surface area contributed by atoms with E-state index in [-0.39, 0.29) is 25.7 Å². The molecule has 0 aromatic heterocycles. The van der Waals surface area contributed by atoms with Crippen molar-refractivity contribution in [1.29, 1.82) is 0 Å². The predicted octanol–water partition coefficient (Wildman–Crippen LogP) is 21.2. The van der Waals surface area contributed by atoms with Crippen LogP contribution in [0, 0.1) is 11.8 Å². The Labute approximate surface area is 562 Å². The molecule has 0 saturated heterocycles. The Morgan fingerprint density at radius 3 is 0.826 bits per heavy atom. The minimum atomic E-state index is -4.95. The Kier molecular flexibility index (Phi) is 63.7. The van der Waals surface area contributed by atoms with Crippen LogP contribution in [-0.2, 0) is 65.4 Å². The lowest BCUT2D eigenvalue weighted by atomic mass is 10.00. The number of unbranched alkanes of at least 4 members (excludes halogenated alkanes) is 41. The highest BCUT2D eigenvalue weighted by molar-refractivity contribution is 7.47. The van der Waals surface area contributed by atoms with Gasteiger partial charge in [-0.05, 0) is 37.5 Å². The zero-order valence-corrected chi connectivity index (χ0v) is 61.6. The molecule has 0 aliphatic rings. The lowest BCUT2D eigenvalue weighted by molar-refractivity contribution is -0.161. The molecule has 546 valence electrons.